The van der Waals surface area contributed by atoms with Gasteiger partial charge in [0.2, 0.25) is 11.8 Å². The molecule has 0 spiro atoms. The molecule has 0 bridgehead atoms. The molecule has 1 aromatic carbocycles. The first-order chi connectivity index (χ1) is 9.22. The van der Waals surface area contributed by atoms with Crippen LogP contribution in [0, 0.1) is 6.92 Å². The second-order valence-electron chi connectivity index (χ2n) is 4.74. The van der Waals surface area contributed by atoms with Crippen molar-refractivity contribution in [1.29, 1.82) is 0 Å². The van der Waals surface area contributed by atoms with Crippen molar-refractivity contribution in [3.63, 3.8) is 0 Å². The number of rotatable bonds is 6. The van der Waals surface area contributed by atoms with Crippen LogP contribution in [-0.4, -0.2) is 28.2 Å². The van der Waals surface area contributed by atoms with E-state index in [0.29, 0.717) is 11.8 Å². The molecule has 1 heterocycles. The molecule has 0 unspecified atom stereocenters. The molecule has 0 radical (unpaired) electrons. The van der Waals surface area contributed by atoms with E-state index in [4.69, 9.17) is 4.42 Å². The normalized spacial score (nSPS) is 11.2. The molecule has 0 aliphatic rings. The zero-order valence-electron chi connectivity index (χ0n) is 11.9. The highest BCUT2D eigenvalue weighted by Crippen LogP contribution is 2.18. The lowest BCUT2D eigenvalue weighted by molar-refractivity contribution is 0.252. The van der Waals surface area contributed by atoms with Gasteiger partial charge in [0, 0.05) is 5.56 Å². The number of aromatic nitrogens is 2. The van der Waals surface area contributed by atoms with E-state index in [-0.39, 0.29) is 0 Å². The van der Waals surface area contributed by atoms with Crippen molar-refractivity contribution >= 4 is 0 Å². The molecule has 0 fully saturated rings. The summed E-state index contributed by atoms with van der Waals surface area (Å²) in [5.74, 6) is 1.29. The molecule has 0 saturated heterocycles. The van der Waals surface area contributed by atoms with E-state index in [1.807, 2.05) is 12.1 Å². The van der Waals surface area contributed by atoms with Crippen LogP contribution in [0.3, 0.4) is 0 Å². The van der Waals surface area contributed by atoms with Gasteiger partial charge in [-0.15, -0.1) is 10.2 Å². The van der Waals surface area contributed by atoms with Crippen LogP contribution in [0.2, 0.25) is 0 Å². The topological polar surface area (TPSA) is 42.2 Å². The number of hydrogen-bond donors (Lipinski definition) is 0. The van der Waals surface area contributed by atoms with Crippen molar-refractivity contribution in [2.75, 3.05) is 13.1 Å². The fourth-order valence-electron chi connectivity index (χ4n) is 1.99. The summed E-state index contributed by atoms with van der Waals surface area (Å²) < 4.78 is 5.72. The van der Waals surface area contributed by atoms with E-state index in [1.165, 1.54) is 5.56 Å². The predicted molar refractivity (Wildman–Crippen MR) is 75.7 cm³/mol. The van der Waals surface area contributed by atoms with E-state index in [9.17, 15) is 0 Å². The second kappa shape index (κ2) is 6.48. The van der Waals surface area contributed by atoms with Gasteiger partial charge in [0.15, 0.2) is 0 Å². The first-order valence-corrected chi connectivity index (χ1v) is 6.84. The van der Waals surface area contributed by atoms with Crippen LogP contribution in [0.5, 0.6) is 0 Å². The molecular weight excluding hydrogens is 238 g/mol. The Balaban J connectivity index is 2.08. The summed E-state index contributed by atoms with van der Waals surface area (Å²) >= 11 is 0. The first-order valence-electron chi connectivity index (χ1n) is 6.84. The average molecular weight is 259 g/mol. The van der Waals surface area contributed by atoms with E-state index < -0.39 is 0 Å². The highest BCUT2D eigenvalue weighted by molar-refractivity contribution is 5.52. The standard InChI is InChI=1S/C15H21N3O/c1-4-10-18(5-2)11-14-16-17-15(19-14)13-8-6-12(3)7-9-13/h6-9H,4-5,10-11H2,1-3H3. The minimum absolute atomic E-state index is 0.600. The quantitative estimate of drug-likeness (QED) is 0.798. The highest BCUT2D eigenvalue weighted by Gasteiger charge is 2.11. The van der Waals surface area contributed by atoms with Crippen LogP contribution in [0.1, 0.15) is 31.7 Å². The maximum Gasteiger partial charge on any atom is 0.247 e. The Morgan fingerprint density at radius 2 is 1.84 bits per heavy atom. The maximum atomic E-state index is 5.72. The molecule has 1 aromatic heterocycles. The third-order valence-corrected chi connectivity index (χ3v) is 3.11. The molecule has 0 N–H and O–H groups in total. The Kier molecular flexibility index (Phi) is 4.68. The summed E-state index contributed by atoms with van der Waals surface area (Å²) in [6.07, 6.45) is 1.13. The van der Waals surface area contributed by atoms with Crippen molar-refractivity contribution in [1.82, 2.24) is 15.1 Å². The van der Waals surface area contributed by atoms with Gasteiger partial charge in [-0.1, -0.05) is 31.5 Å². The van der Waals surface area contributed by atoms with E-state index in [2.05, 4.69) is 48.0 Å². The van der Waals surface area contributed by atoms with Crippen molar-refractivity contribution in [2.45, 2.75) is 33.7 Å². The van der Waals surface area contributed by atoms with E-state index >= 15 is 0 Å². The fourth-order valence-corrected chi connectivity index (χ4v) is 1.99. The third kappa shape index (κ3) is 3.64. The van der Waals surface area contributed by atoms with Gasteiger partial charge in [-0.05, 0) is 38.6 Å². The number of benzene rings is 1. The summed E-state index contributed by atoms with van der Waals surface area (Å²) in [4.78, 5) is 2.30. The van der Waals surface area contributed by atoms with Crippen LogP contribution < -0.4 is 0 Å². The lowest BCUT2D eigenvalue weighted by Crippen LogP contribution is -2.23. The van der Waals surface area contributed by atoms with Crippen LogP contribution >= 0.6 is 0 Å². The lowest BCUT2D eigenvalue weighted by atomic mass is 10.1. The number of aryl methyl sites for hydroxylation is 1. The van der Waals surface area contributed by atoms with Crippen LogP contribution in [-0.2, 0) is 6.54 Å². The number of hydrogen-bond acceptors (Lipinski definition) is 4. The molecule has 4 heteroatoms. The second-order valence-corrected chi connectivity index (χ2v) is 4.74. The van der Waals surface area contributed by atoms with Gasteiger partial charge in [-0.3, -0.25) is 4.90 Å². The molecule has 4 nitrogen and oxygen atoms in total. The van der Waals surface area contributed by atoms with Gasteiger partial charge in [0.1, 0.15) is 0 Å². The lowest BCUT2D eigenvalue weighted by Gasteiger charge is -2.16. The monoisotopic (exact) mass is 259 g/mol. The highest BCUT2D eigenvalue weighted by atomic mass is 16.4. The van der Waals surface area contributed by atoms with Crippen molar-refractivity contribution < 1.29 is 4.42 Å². The minimum atomic E-state index is 0.600. The van der Waals surface area contributed by atoms with Gasteiger partial charge >= 0.3 is 0 Å². The summed E-state index contributed by atoms with van der Waals surface area (Å²) in [7, 11) is 0. The van der Waals surface area contributed by atoms with Crippen LogP contribution in [0.15, 0.2) is 28.7 Å². The van der Waals surface area contributed by atoms with Crippen molar-refractivity contribution in [2.24, 2.45) is 0 Å². The zero-order chi connectivity index (χ0) is 13.7. The van der Waals surface area contributed by atoms with Gasteiger partial charge in [0.25, 0.3) is 0 Å². The minimum Gasteiger partial charge on any atom is -0.419 e. The SMILES string of the molecule is CCCN(CC)Cc1nnc(-c2ccc(C)cc2)o1. The fraction of sp³-hybridized carbons (Fsp3) is 0.467. The maximum absolute atomic E-state index is 5.72. The molecule has 19 heavy (non-hydrogen) atoms. The Labute approximate surface area is 114 Å². The average Bonchev–Trinajstić information content (AvgIpc) is 2.87. The molecule has 2 rings (SSSR count). The van der Waals surface area contributed by atoms with E-state index in [1.54, 1.807) is 0 Å². The summed E-state index contributed by atoms with van der Waals surface area (Å²) in [5.41, 5.74) is 2.20. The number of nitrogens with zero attached hydrogens (tertiary/aromatic N) is 3. The molecule has 0 amide bonds. The molecule has 0 atom stereocenters. The molecule has 2 aromatic rings. The van der Waals surface area contributed by atoms with Crippen molar-refractivity contribution in [3.8, 4) is 11.5 Å². The van der Waals surface area contributed by atoms with Crippen LogP contribution in [0.4, 0.5) is 0 Å². The van der Waals surface area contributed by atoms with Gasteiger partial charge in [-0.2, -0.15) is 0 Å². The van der Waals surface area contributed by atoms with Gasteiger partial charge in [0.05, 0.1) is 6.54 Å². The van der Waals surface area contributed by atoms with Crippen molar-refractivity contribution in [3.05, 3.63) is 35.7 Å². The molecule has 102 valence electrons. The Bertz CT molecular complexity index is 504. The van der Waals surface area contributed by atoms with E-state index in [0.717, 1.165) is 31.6 Å². The summed E-state index contributed by atoms with van der Waals surface area (Å²) in [5, 5.41) is 8.25. The summed E-state index contributed by atoms with van der Waals surface area (Å²) in [6, 6.07) is 8.12. The van der Waals surface area contributed by atoms with Crippen LogP contribution in [0.25, 0.3) is 11.5 Å². The predicted octanol–water partition coefficient (Wildman–Crippen LogP) is 3.28. The Hall–Kier alpha value is -1.68. The first kappa shape index (κ1) is 13.7. The summed E-state index contributed by atoms with van der Waals surface area (Å²) in [6.45, 7) is 9.16. The van der Waals surface area contributed by atoms with Gasteiger partial charge < -0.3 is 4.42 Å². The molecule has 0 aliphatic carbocycles. The molecular formula is C15H21N3O. The smallest absolute Gasteiger partial charge is 0.247 e. The zero-order valence-corrected chi connectivity index (χ0v) is 11.9. The largest absolute Gasteiger partial charge is 0.419 e. The Morgan fingerprint density at radius 3 is 2.47 bits per heavy atom. The molecule has 0 aliphatic heterocycles. The molecule has 0 saturated carbocycles. The third-order valence-electron chi connectivity index (χ3n) is 3.11. The van der Waals surface area contributed by atoms with Gasteiger partial charge in [-0.25, -0.2) is 0 Å². The Morgan fingerprint density at radius 1 is 1.11 bits per heavy atom.